The topological polar surface area (TPSA) is 107 Å². The Hall–Kier alpha value is -1.13. The lowest BCUT2D eigenvalue weighted by molar-refractivity contribution is -0.147. The molecule has 90 valence electrons. The van der Waals surface area contributed by atoms with Gasteiger partial charge < -0.3 is 5.11 Å². The molecule has 6 nitrogen and oxygen atoms in total. The maximum absolute atomic E-state index is 11.7. The number of carboxylic acid groups (broad SMARTS) is 1. The molecule has 16 heavy (non-hydrogen) atoms. The van der Waals surface area contributed by atoms with Crippen LogP contribution in [0.25, 0.3) is 0 Å². The molecular weight excluding hydrogens is 232 g/mol. The largest absolute Gasteiger partial charge is 0.480 e. The second-order valence-electron chi connectivity index (χ2n) is 3.91. The predicted octanol–water partition coefficient (Wildman–Crippen LogP) is 0.215. The van der Waals surface area contributed by atoms with Crippen LogP contribution in [0, 0.1) is 11.3 Å². The fourth-order valence-electron chi connectivity index (χ4n) is 1.61. The molecule has 0 aromatic carbocycles. The van der Waals surface area contributed by atoms with Gasteiger partial charge in [0.2, 0.25) is 10.0 Å². The van der Waals surface area contributed by atoms with Gasteiger partial charge in [-0.1, -0.05) is 6.92 Å². The first kappa shape index (κ1) is 12.9. The van der Waals surface area contributed by atoms with Gasteiger partial charge in [-0.25, -0.2) is 8.42 Å². The molecule has 0 radical (unpaired) electrons. The summed E-state index contributed by atoms with van der Waals surface area (Å²) < 4.78 is 25.6. The molecule has 1 unspecified atom stereocenters. The number of nitrogens with one attached hydrogen (secondary N) is 1. The van der Waals surface area contributed by atoms with Crippen LogP contribution in [0.2, 0.25) is 0 Å². The summed E-state index contributed by atoms with van der Waals surface area (Å²) in [7, 11) is -3.88. The Morgan fingerprint density at radius 2 is 2.19 bits per heavy atom. The van der Waals surface area contributed by atoms with E-state index < -0.39 is 26.8 Å². The summed E-state index contributed by atoms with van der Waals surface area (Å²) in [5, 5.41) is 16.4. The van der Waals surface area contributed by atoms with Crippen LogP contribution in [0.15, 0.2) is 0 Å². The minimum absolute atomic E-state index is 0.140. The van der Waals surface area contributed by atoms with E-state index in [0.717, 1.165) is 0 Å². The number of hydrogen-bond acceptors (Lipinski definition) is 4. The second-order valence-corrected chi connectivity index (χ2v) is 5.78. The van der Waals surface area contributed by atoms with Crippen molar-refractivity contribution in [3.63, 3.8) is 0 Å². The SMILES string of the molecule is CCC(C#N)S(=O)(=O)NC1(C(=O)O)CCC1. The van der Waals surface area contributed by atoms with E-state index in [9.17, 15) is 13.2 Å². The van der Waals surface area contributed by atoms with Crippen LogP contribution in [0.4, 0.5) is 0 Å². The van der Waals surface area contributed by atoms with Crippen molar-refractivity contribution in [1.29, 1.82) is 5.26 Å². The minimum Gasteiger partial charge on any atom is -0.480 e. The number of sulfonamides is 1. The Bertz CT molecular complexity index is 419. The van der Waals surface area contributed by atoms with Gasteiger partial charge in [-0.2, -0.15) is 9.98 Å². The number of carboxylic acids is 1. The van der Waals surface area contributed by atoms with Crippen LogP contribution in [0.1, 0.15) is 32.6 Å². The van der Waals surface area contributed by atoms with Crippen molar-refractivity contribution < 1.29 is 18.3 Å². The molecule has 0 aromatic heterocycles. The average molecular weight is 246 g/mol. The number of hydrogen-bond donors (Lipinski definition) is 2. The molecule has 0 saturated heterocycles. The molecule has 0 amide bonds. The molecule has 0 aromatic rings. The van der Waals surface area contributed by atoms with Gasteiger partial charge in [0.25, 0.3) is 0 Å². The van der Waals surface area contributed by atoms with Gasteiger partial charge >= 0.3 is 5.97 Å². The van der Waals surface area contributed by atoms with Crippen molar-refractivity contribution >= 4 is 16.0 Å². The van der Waals surface area contributed by atoms with E-state index in [2.05, 4.69) is 4.72 Å². The van der Waals surface area contributed by atoms with Crippen LogP contribution in [0.5, 0.6) is 0 Å². The van der Waals surface area contributed by atoms with Crippen molar-refractivity contribution in [2.24, 2.45) is 0 Å². The quantitative estimate of drug-likeness (QED) is 0.721. The van der Waals surface area contributed by atoms with Gasteiger partial charge in [0.15, 0.2) is 5.25 Å². The summed E-state index contributed by atoms with van der Waals surface area (Å²) in [5.41, 5.74) is -1.39. The van der Waals surface area contributed by atoms with Crippen LogP contribution >= 0.6 is 0 Å². The first-order valence-corrected chi connectivity index (χ1v) is 6.58. The predicted molar refractivity (Wildman–Crippen MR) is 56.0 cm³/mol. The molecule has 1 fully saturated rings. The third-order valence-electron chi connectivity index (χ3n) is 2.84. The molecule has 0 aliphatic heterocycles. The summed E-state index contributed by atoms with van der Waals surface area (Å²) in [6.45, 7) is 1.57. The van der Waals surface area contributed by atoms with Crippen molar-refractivity contribution in [3.05, 3.63) is 0 Å². The van der Waals surface area contributed by atoms with E-state index in [0.29, 0.717) is 6.42 Å². The molecule has 0 bridgehead atoms. The van der Waals surface area contributed by atoms with Gasteiger partial charge in [-0.05, 0) is 25.7 Å². The highest BCUT2D eigenvalue weighted by Crippen LogP contribution is 2.33. The maximum Gasteiger partial charge on any atom is 0.324 e. The summed E-state index contributed by atoms with van der Waals surface area (Å²) >= 11 is 0. The highest BCUT2D eigenvalue weighted by Gasteiger charge is 2.48. The number of nitriles is 1. The number of aliphatic carboxylic acids is 1. The second kappa shape index (κ2) is 4.39. The van der Waals surface area contributed by atoms with Gasteiger partial charge in [0.05, 0.1) is 6.07 Å². The summed E-state index contributed by atoms with van der Waals surface area (Å²) in [4.78, 5) is 11.0. The lowest BCUT2D eigenvalue weighted by Crippen LogP contribution is -2.60. The molecule has 0 heterocycles. The summed E-state index contributed by atoms with van der Waals surface area (Å²) in [6, 6.07) is 1.66. The van der Waals surface area contributed by atoms with Crippen molar-refractivity contribution in [1.82, 2.24) is 4.72 Å². The molecule has 0 spiro atoms. The smallest absolute Gasteiger partial charge is 0.324 e. The normalized spacial score (nSPS) is 20.5. The molecule has 2 N–H and O–H groups in total. The molecule has 1 saturated carbocycles. The Kier molecular flexibility index (Phi) is 3.55. The average Bonchev–Trinajstić information content (AvgIpc) is 2.12. The highest BCUT2D eigenvalue weighted by atomic mass is 32.2. The molecule has 1 aliphatic rings. The third-order valence-corrected chi connectivity index (χ3v) is 4.71. The molecule has 7 heteroatoms. The van der Waals surface area contributed by atoms with Crippen LogP contribution < -0.4 is 4.72 Å². The summed E-state index contributed by atoms with van der Waals surface area (Å²) in [6.07, 6.45) is 1.38. The molecule has 1 rings (SSSR count). The fourth-order valence-corrected chi connectivity index (χ4v) is 3.17. The first-order chi connectivity index (χ1) is 7.38. The van der Waals surface area contributed by atoms with E-state index in [-0.39, 0.29) is 19.3 Å². The standard InChI is InChI=1S/C9H14N2O4S/c1-2-7(6-10)16(14,15)11-9(8(12)13)4-3-5-9/h7,11H,2-5H2,1H3,(H,12,13). The Balaban J connectivity index is 2.88. The van der Waals surface area contributed by atoms with E-state index >= 15 is 0 Å². The summed E-state index contributed by atoms with van der Waals surface area (Å²) in [5.74, 6) is -1.17. The molecule has 1 aliphatic carbocycles. The lowest BCUT2D eigenvalue weighted by atomic mass is 9.78. The van der Waals surface area contributed by atoms with Crippen molar-refractivity contribution in [2.45, 2.75) is 43.4 Å². The highest BCUT2D eigenvalue weighted by molar-refractivity contribution is 7.90. The van der Waals surface area contributed by atoms with E-state index in [1.807, 2.05) is 0 Å². The molecular formula is C9H14N2O4S. The van der Waals surface area contributed by atoms with Gasteiger partial charge in [0.1, 0.15) is 5.54 Å². The van der Waals surface area contributed by atoms with Gasteiger partial charge in [-0.15, -0.1) is 0 Å². The third kappa shape index (κ3) is 2.18. The van der Waals surface area contributed by atoms with Crippen LogP contribution in [-0.2, 0) is 14.8 Å². The van der Waals surface area contributed by atoms with Crippen LogP contribution in [-0.4, -0.2) is 30.3 Å². The Morgan fingerprint density at radius 3 is 2.44 bits per heavy atom. The van der Waals surface area contributed by atoms with Crippen molar-refractivity contribution in [2.75, 3.05) is 0 Å². The van der Waals surface area contributed by atoms with E-state index in [1.54, 1.807) is 13.0 Å². The monoisotopic (exact) mass is 246 g/mol. The van der Waals surface area contributed by atoms with Crippen LogP contribution in [0.3, 0.4) is 0 Å². The van der Waals surface area contributed by atoms with Crippen molar-refractivity contribution in [3.8, 4) is 6.07 Å². The van der Waals surface area contributed by atoms with E-state index in [1.165, 1.54) is 0 Å². The lowest BCUT2D eigenvalue weighted by Gasteiger charge is -2.38. The Labute approximate surface area is 94.3 Å². The zero-order chi connectivity index (χ0) is 12.4. The maximum atomic E-state index is 11.7. The van der Waals surface area contributed by atoms with E-state index in [4.69, 9.17) is 10.4 Å². The number of rotatable bonds is 5. The number of carbonyl (C=O) groups is 1. The fraction of sp³-hybridized carbons (Fsp3) is 0.778. The number of nitrogens with zero attached hydrogens (tertiary/aromatic N) is 1. The first-order valence-electron chi connectivity index (χ1n) is 5.04. The zero-order valence-corrected chi connectivity index (χ0v) is 9.75. The minimum atomic E-state index is -3.88. The van der Waals surface area contributed by atoms with Gasteiger partial charge in [0, 0.05) is 0 Å². The van der Waals surface area contributed by atoms with Gasteiger partial charge in [-0.3, -0.25) is 4.79 Å². The molecule has 1 atom stereocenters. The Morgan fingerprint density at radius 1 is 1.62 bits per heavy atom. The zero-order valence-electron chi connectivity index (χ0n) is 8.93.